The Morgan fingerprint density at radius 3 is 2.31 bits per heavy atom. The van der Waals surface area contributed by atoms with Crippen LogP contribution >= 0.6 is 0 Å². The summed E-state index contributed by atoms with van der Waals surface area (Å²) in [5, 5.41) is 18.1. The van der Waals surface area contributed by atoms with Gasteiger partial charge in [0, 0.05) is 6.61 Å². The molecule has 0 aliphatic heterocycles. The second-order valence-electron chi connectivity index (χ2n) is 4.36. The molecule has 0 aliphatic carbocycles. The van der Waals surface area contributed by atoms with Gasteiger partial charge in [0.05, 0.1) is 19.3 Å². The monoisotopic (exact) mass is 190 g/mol. The fourth-order valence-corrected chi connectivity index (χ4v) is 0.978. The first-order chi connectivity index (χ1) is 5.98. The fraction of sp³-hybridized carbons (Fsp3) is 1.00. The van der Waals surface area contributed by atoms with Crippen molar-refractivity contribution in [1.29, 1.82) is 0 Å². The minimum atomic E-state index is -0.273. The first-order valence-electron chi connectivity index (χ1n) is 4.85. The molecule has 80 valence electrons. The van der Waals surface area contributed by atoms with Crippen LogP contribution in [0.3, 0.4) is 0 Å². The Hall–Kier alpha value is -0.120. The molecule has 13 heavy (non-hydrogen) atoms. The zero-order valence-electron chi connectivity index (χ0n) is 8.92. The van der Waals surface area contributed by atoms with Crippen LogP contribution in [0.25, 0.3) is 0 Å². The molecule has 0 aromatic heterocycles. The molecule has 0 saturated heterocycles. The van der Waals surface area contributed by atoms with E-state index < -0.39 is 0 Å². The van der Waals surface area contributed by atoms with Crippen LogP contribution < -0.4 is 0 Å². The van der Waals surface area contributed by atoms with E-state index in [4.69, 9.17) is 9.84 Å². The number of hydrogen-bond acceptors (Lipinski definition) is 3. The van der Waals surface area contributed by atoms with Gasteiger partial charge in [-0.15, -0.1) is 0 Å². The predicted octanol–water partition coefficient (Wildman–Crippen LogP) is 1.18. The third-order valence-corrected chi connectivity index (χ3v) is 2.00. The molecule has 0 fully saturated rings. The lowest BCUT2D eigenvalue weighted by Crippen LogP contribution is -2.26. The van der Waals surface area contributed by atoms with Crippen LogP contribution in [0.4, 0.5) is 0 Å². The van der Waals surface area contributed by atoms with Gasteiger partial charge in [0.15, 0.2) is 0 Å². The number of ether oxygens (including phenoxy) is 1. The van der Waals surface area contributed by atoms with Gasteiger partial charge in [-0.1, -0.05) is 20.8 Å². The average molecular weight is 190 g/mol. The van der Waals surface area contributed by atoms with Gasteiger partial charge in [0.1, 0.15) is 0 Å². The van der Waals surface area contributed by atoms with Gasteiger partial charge >= 0.3 is 0 Å². The van der Waals surface area contributed by atoms with Gasteiger partial charge in [0.25, 0.3) is 0 Å². The van der Waals surface area contributed by atoms with Crippen molar-refractivity contribution in [3.8, 4) is 0 Å². The number of aliphatic hydroxyl groups is 2. The summed E-state index contributed by atoms with van der Waals surface area (Å²) in [6.45, 7) is 7.14. The Balaban J connectivity index is 3.32. The fourth-order valence-electron chi connectivity index (χ4n) is 0.978. The van der Waals surface area contributed by atoms with Crippen LogP contribution in [-0.4, -0.2) is 36.1 Å². The van der Waals surface area contributed by atoms with Crippen LogP contribution in [0.1, 0.15) is 33.6 Å². The van der Waals surface area contributed by atoms with Crippen molar-refractivity contribution < 1.29 is 14.9 Å². The van der Waals surface area contributed by atoms with Crippen molar-refractivity contribution in [1.82, 2.24) is 0 Å². The molecule has 0 radical (unpaired) electrons. The van der Waals surface area contributed by atoms with Crippen molar-refractivity contribution >= 4 is 0 Å². The van der Waals surface area contributed by atoms with Crippen molar-refractivity contribution in [2.75, 3.05) is 19.8 Å². The molecule has 3 heteroatoms. The molecule has 0 spiro atoms. The van der Waals surface area contributed by atoms with Gasteiger partial charge in [0.2, 0.25) is 0 Å². The minimum absolute atomic E-state index is 0.0447. The lowest BCUT2D eigenvalue weighted by atomic mass is 9.87. The van der Waals surface area contributed by atoms with Gasteiger partial charge in [-0.05, 0) is 18.3 Å². The second-order valence-corrected chi connectivity index (χ2v) is 4.36. The van der Waals surface area contributed by atoms with Gasteiger partial charge in [-0.2, -0.15) is 0 Å². The SMILES string of the molecule is CC(C)(C)C(O)CCCOCCO. The molecule has 0 aliphatic rings. The summed E-state index contributed by atoms with van der Waals surface area (Å²) in [7, 11) is 0. The van der Waals surface area contributed by atoms with Gasteiger partial charge in [-0.25, -0.2) is 0 Å². The highest BCUT2D eigenvalue weighted by Crippen LogP contribution is 2.22. The molecule has 0 aromatic rings. The maximum absolute atomic E-state index is 9.64. The Morgan fingerprint density at radius 2 is 1.85 bits per heavy atom. The van der Waals surface area contributed by atoms with Crippen LogP contribution in [0.15, 0.2) is 0 Å². The van der Waals surface area contributed by atoms with E-state index >= 15 is 0 Å². The van der Waals surface area contributed by atoms with Crippen molar-refractivity contribution in [3.05, 3.63) is 0 Å². The zero-order valence-corrected chi connectivity index (χ0v) is 8.92. The topological polar surface area (TPSA) is 49.7 Å². The molecular formula is C10H22O3. The molecule has 2 N–H and O–H groups in total. The third kappa shape index (κ3) is 6.99. The average Bonchev–Trinajstić information content (AvgIpc) is 2.02. The van der Waals surface area contributed by atoms with E-state index in [1.165, 1.54) is 0 Å². The van der Waals surface area contributed by atoms with Gasteiger partial charge in [-0.3, -0.25) is 0 Å². The Bertz CT molecular complexity index is 118. The molecule has 0 amide bonds. The summed E-state index contributed by atoms with van der Waals surface area (Å²) >= 11 is 0. The summed E-state index contributed by atoms with van der Waals surface area (Å²) in [6.07, 6.45) is 1.33. The highest BCUT2D eigenvalue weighted by molar-refractivity contribution is 4.72. The summed E-state index contributed by atoms with van der Waals surface area (Å²) in [6, 6.07) is 0. The molecule has 0 rings (SSSR count). The molecule has 0 bridgehead atoms. The maximum Gasteiger partial charge on any atom is 0.0697 e. The van der Waals surface area contributed by atoms with E-state index in [1.54, 1.807) is 0 Å². The molecule has 0 heterocycles. The summed E-state index contributed by atoms with van der Waals surface area (Å²) in [5.74, 6) is 0. The van der Waals surface area contributed by atoms with Crippen LogP contribution in [0.5, 0.6) is 0 Å². The quantitative estimate of drug-likeness (QED) is 0.618. The zero-order chi connectivity index (χ0) is 10.3. The van der Waals surface area contributed by atoms with E-state index in [9.17, 15) is 5.11 Å². The van der Waals surface area contributed by atoms with Crippen LogP contribution in [0.2, 0.25) is 0 Å². The lowest BCUT2D eigenvalue weighted by Gasteiger charge is -2.25. The molecule has 1 unspecified atom stereocenters. The molecule has 0 saturated carbocycles. The van der Waals surface area contributed by atoms with E-state index in [-0.39, 0.29) is 18.1 Å². The Morgan fingerprint density at radius 1 is 1.23 bits per heavy atom. The van der Waals surface area contributed by atoms with Gasteiger partial charge < -0.3 is 14.9 Å². The molecule has 3 nitrogen and oxygen atoms in total. The third-order valence-electron chi connectivity index (χ3n) is 2.00. The largest absolute Gasteiger partial charge is 0.394 e. The first-order valence-corrected chi connectivity index (χ1v) is 4.85. The van der Waals surface area contributed by atoms with E-state index in [0.29, 0.717) is 13.2 Å². The highest BCUT2D eigenvalue weighted by Gasteiger charge is 2.20. The molecule has 1 atom stereocenters. The lowest BCUT2D eigenvalue weighted by molar-refractivity contribution is 0.0376. The maximum atomic E-state index is 9.64. The Labute approximate surface area is 80.7 Å². The van der Waals surface area contributed by atoms with Crippen molar-refractivity contribution in [2.45, 2.75) is 39.7 Å². The number of rotatable bonds is 6. The summed E-state index contributed by atoms with van der Waals surface area (Å²) in [4.78, 5) is 0. The van der Waals surface area contributed by atoms with Crippen molar-refractivity contribution in [2.24, 2.45) is 5.41 Å². The van der Waals surface area contributed by atoms with E-state index in [2.05, 4.69) is 0 Å². The summed E-state index contributed by atoms with van der Waals surface area (Å²) < 4.78 is 5.08. The van der Waals surface area contributed by atoms with Crippen LogP contribution in [-0.2, 0) is 4.74 Å². The van der Waals surface area contributed by atoms with E-state index in [0.717, 1.165) is 12.8 Å². The molecular weight excluding hydrogens is 168 g/mol. The number of hydrogen-bond donors (Lipinski definition) is 2. The van der Waals surface area contributed by atoms with Crippen LogP contribution in [0, 0.1) is 5.41 Å². The standard InChI is InChI=1S/C10H22O3/c1-10(2,3)9(12)5-4-7-13-8-6-11/h9,11-12H,4-8H2,1-3H3. The Kier molecular flexibility index (Phi) is 6.29. The minimum Gasteiger partial charge on any atom is -0.394 e. The van der Waals surface area contributed by atoms with Crippen molar-refractivity contribution in [3.63, 3.8) is 0 Å². The normalized spacial score (nSPS) is 14.5. The number of aliphatic hydroxyl groups excluding tert-OH is 2. The predicted molar refractivity (Wildman–Crippen MR) is 52.6 cm³/mol. The summed E-state index contributed by atoms with van der Waals surface area (Å²) in [5.41, 5.74) is -0.0447. The van der Waals surface area contributed by atoms with E-state index in [1.807, 2.05) is 20.8 Å². The first kappa shape index (κ1) is 12.9. The highest BCUT2D eigenvalue weighted by atomic mass is 16.5. The molecule has 0 aromatic carbocycles. The second kappa shape index (κ2) is 6.35. The smallest absolute Gasteiger partial charge is 0.0697 e.